The van der Waals surface area contributed by atoms with Crippen LogP contribution in [0, 0.1) is 17.6 Å². The van der Waals surface area contributed by atoms with Crippen molar-refractivity contribution in [2.45, 2.75) is 17.7 Å². The number of amides is 1. The zero-order chi connectivity index (χ0) is 19.6. The molecule has 0 spiro atoms. The van der Waals surface area contributed by atoms with Gasteiger partial charge in [-0.25, -0.2) is 17.2 Å². The van der Waals surface area contributed by atoms with Gasteiger partial charge in [-0.1, -0.05) is 0 Å². The van der Waals surface area contributed by atoms with E-state index in [0.29, 0.717) is 25.1 Å². The van der Waals surface area contributed by atoms with Crippen molar-refractivity contribution < 1.29 is 22.0 Å². The van der Waals surface area contributed by atoms with Crippen LogP contribution in [0.15, 0.2) is 53.4 Å². The van der Waals surface area contributed by atoms with Crippen LogP contribution in [0.5, 0.6) is 0 Å². The predicted octanol–water partition coefficient (Wildman–Crippen LogP) is 3.03. The van der Waals surface area contributed by atoms with Crippen molar-refractivity contribution in [3.8, 4) is 0 Å². The van der Waals surface area contributed by atoms with Crippen molar-refractivity contribution >= 4 is 21.6 Å². The maximum absolute atomic E-state index is 13.1. The number of piperidine rings is 1. The van der Waals surface area contributed by atoms with Crippen LogP contribution in [0.1, 0.15) is 12.8 Å². The van der Waals surface area contributed by atoms with E-state index < -0.39 is 27.6 Å². The van der Waals surface area contributed by atoms with E-state index in [1.807, 2.05) is 0 Å². The normalized spacial score (nSPS) is 18.3. The summed E-state index contributed by atoms with van der Waals surface area (Å²) in [6, 6.07) is 10.2. The molecule has 144 valence electrons. The van der Waals surface area contributed by atoms with Crippen molar-refractivity contribution in [1.29, 1.82) is 0 Å². The minimum atomic E-state index is -3.79. The largest absolute Gasteiger partial charge is 0.315 e. The van der Waals surface area contributed by atoms with Crippen LogP contribution in [0.2, 0.25) is 0 Å². The lowest BCUT2D eigenvalue weighted by atomic mass is 9.98. The van der Waals surface area contributed by atoms with Gasteiger partial charge < -0.3 is 4.90 Å². The average molecular weight is 394 g/mol. The highest BCUT2D eigenvalue weighted by Gasteiger charge is 2.34. The molecule has 2 aromatic rings. The highest BCUT2D eigenvalue weighted by Crippen LogP contribution is 2.26. The molecule has 2 aromatic carbocycles. The second-order valence-electron chi connectivity index (χ2n) is 6.53. The summed E-state index contributed by atoms with van der Waals surface area (Å²) in [6.45, 7) is 0.369. The first-order valence-corrected chi connectivity index (χ1v) is 10.0. The van der Waals surface area contributed by atoms with E-state index in [9.17, 15) is 22.0 Å². The molecule has 1 amide bonds. The summed E-state index contributed by atoms with van der Waals surface area (Å²) in [7, 11) is -2.21. The van der Waals surface area contributed by atoms with Crippen molar-refractivity contribution in [3.05, 3.63) is 60.2 Å². The standard InChI is InChI=1S/C19H20F2N2O3S/c1-22(17-8-4-15(20)5-9-17)19(24)14-3-2-12-23(13-14)27(25,26)18-10-6-16(21)7-11-18/h4-11,14H,2-3,12-13H2,1H3/t14-/m1/s1. The second kappa shape index (κ2) is 7.74. The number of hydrogen-bond acceptors (Lipinski definition) is 3. The van der Waals surface area contributed by atoms with E-state index in [-0.39, 0.29) is 17.3 Å². The van der Waals surface area contributed by atoms with E-state index in [4.69, 9.17) is 0 Å². The molecule has 1 fully saturated rings. The van der Waals surface area contributed by atoms with E-state index in [1.165, 1.54) is 45.6 Å². The summed E-state index contributed by atoms with van der Waals surface area (Å²) in [4.78, 5) is 14.2. The van der Waals surface area contributed by atoms with E-state index in [0.717, 1.165) is 12.1 Å². The second-order valence-corrected chi connectivity index (χ2v) is 8.47. The first-order valence-electron chi connectivity index (χ1n) is 8.58. The van der Waals surface area contributed by atoms with Crippen LogP contribution >= 0.6 is 0 Å². The van der Waals surface area contributed by atoms with Crippen LogP contribution in [0.3, 0.4) is 0 Å². The molecule has 0 bridgehead atoms. The maximum atomic E-state index is 13.1. The zero-order valence-electron chi connectivity index (χ0n) is 14.8. The highest BCUT2D eigenvalue weighted by molar-refractivity contribution is 7.89. The summed E-state index contributed by atoms with van der Waals surface area (Å²) < 4.78 is 53.0. The third-order valence-corrected chi connectivity index (χ3v) is 6.61. The number of carbonyl (C=O) groups excluding carboxylic acids is 1. The Kier molecular flexibility index (Phi) is 5.57. The predicted molar refractivity (Wildman–Crippen MR) is 97.7 cm³/mol. The number of benzene rings is 2. The lowest BCUT2D eigenvalue weighted by molar-refractivity contribution is -0.123. The maximum Gasteiger partial charge on any atom is 0.243 e. The number of nitrogens with zero attached hydrogens (tertiary/aromatic N) is 2. The lowest BCUT2D eigenvalue weighted by Crippen LogP contribution is -2.45. The Bertz CT molecular complexity index is 915. The molecule has 0 saturated carbocycles. The number of sulfonamides is 1. The van der Waals surface area contributed by atoms with Gasteiger partial charge in [-0.3, -0.25) is 4.79 Å². The third-order valence-electron chi connectivity index (χ3n) is 4.73. The zero-order valence-corrected chi connectivity index (χ0v) is 15.6. The first-order chi connectivity index (χ1) is 12.8. The molecule has 0 radical (unpaired) electrons. The van der Waals surface area contributed by atoms with E-state index in [2.05, 4.69) is 0 Å². The molecule has 1 atom stereocenters. The van der Waals surface area contributed by atoms with Gasteiger partial charge in [-0.2, -0.15) is 4.31 Å². The molecule has 5 nitrogen and oxygen atoms in total. The number of anilines is 1. The Balaban J connectivity index is 1.76. The number of hydrogen-bond donors (Lipinski definition) is 0. The van der Waals surface area contributed by atoms with Gasteiger partial charge in [0.1, 0.15) is 11.6 Å². The molecule has 8 heteroatoms. The fourth-order valence-corrected chi connectivity index (χ4v) is 4.71. The number of halogens is 2. The fourth-order valence-electron chi connectivity index (χ4n) is 3.18. The van der Waals surface area contributed by atoms with Gasteiger partial charge in [-0.05, 0) is 61.4 Å². The van der Waals surface area contributed by atoms with Crippen molar-refractivity contribution in [1.82, 2.24) is 4.31 Å². The molecule has 1 saturated heterocycles. The molecule has 0 aromatic heterocycles. The molecule has 1 heterocycles. The molecule has 27 heavy (non-hydrogen) atoms. The average Bonchev–Trinajstić information content (AvgIpc) is 2.68. The monoisotopic (exact) mass is 394 g/mol. The van der Waals surface area contributed by atoms with Crippen LogP contribution in [0.25, 0.3) is 0 Å². The molecule has 0 N–H and O–H groups in total. The Morgan fingerprint density at radius 1 is 1.04 bits per heavy atom. The van der Waals surface area contributed by atoms with Gasteiger partial charge in [0.2, 0.25) is 15.9 Å². The van der Waals surface area contributed by atoms with Gasteiger partial charge in [-0.15, -0.1) is 0 Å². The molecular weight excluding hydrogens is 374 g/mol. The van der Waals surface area contributed by atoms with Crippen LogP contribution in [0.4, 0.5) is 14.5 Å². The first kappa shape index (κ1) is 19.4. The summed E-state index contributed by atoms with van der Waals surface area (Å²) in [5.41, 5.74) is 0.542. The lowest BCUT2D eigenvalue weighted by Gasteiger charge is -2.33. The molecule has 3 rings (SSSR count). The Labute approximate surface area is 157 Å². The fraction of sp³-hybridized carbons (Fsp3) is 0.316. The van der Waals surface area contributed by atoms with Gasteiger partial charge >= 0.3 is 0 Å². The van der Waals surface area contributed by atoms with E-state index in [1.54, 1.807) is 7.05 Å². The smallest absolute Gasteiger partial charge is 0.243 e. The number of carbonyl (C=O) groups is 1. The molecule has 1 aliphatic heterocycles. The molecule has 1 aliphatic rings. The van der Waals surface area contributed by atoms with Gasteiger partial charge in [0.15, 0.2) is 0 Å². The van der Waals surface area contributed by atoms with Gasteiger partial charge in [0.25, 0.3) is 0 Å². The van der Waals surface area contributed by atoms with Gasteiger partial charge in [0.05, 0.1) is 10.8 Å². The van der Waals surface area contributed by atoms with Gasteiger partial charge in [0, 0.05) is 25.8 Å². The quantitative estimate of drug-likeness (QED) is 0.801. The van der Waals surface area contributed by atoms with Crippen LogP contribution < -0.4 is 4.90 Å². The SMILES string of the molecule is CN(C(=O)[C@@H]1CCCN(S(=O)(=O)c2ccc(F)cc2)C1)c1ccc(F)cc1. The Hall–Kier alpha value is -2.32. The molecular formula is C19H20F2N2O3S. The minimum Gasteiger partial charge on any atom is -0.315 e. The Morgan fingerprint density at radius 2 is 1.59 bits per heavy atom. The van der Waals surface area contributed by atoms with Crippen molar-refractivity contribution in [3.63, 3.8) is 0 Å². The highest BCUT2D eigenvalue weighted by atomic mass is 32.2. The summed E-state index contributed by atoms with van der Waals surface area (Å²) in [6.07, 6.45) is 1.12. The third kappa shape index (κ3) is 4.17. The van der Waals surface area contributed by atoms with Crippen LogP contribution in [-0.4, -0.2) is 38.8 Å². The van der Waals surface area contributed by atoms with Crippen molar-refractivity contribution in [2.75, 3.05) is 25.0 Å². The molecule has 0 unspecified atom stereocenters. The van der Waals surface area contributed by atoms with Crippen molar-refractivity contribution in [2.24, 2.45) is 5.92 Å². The summed E-state index contributed by atoms with van der Waals surface area (Å²) >= 11 is 0. The van der Waals surface area contributed by atoms with E-state index >= 15 is 0 Å². The topological polar surface area (TPSA) is 57.7 Å². The summed E-state index contributed by atoms with van der Waals surface area (Å²) in [5, 5.41) is 0. The minimum absolute atomic E-state index is 0.00360. The Morgan fingerprint density at radius 3 is 2.19 bits per heavy atom. The number of rotatable bonds is 4. The molecule has 0 aliphatic carbocycles. The summed E-state index contributed by atoms with van der Waals surface area (Å²) in [5.74, 6) is -1.62. The van der Waals surface area contributed by atoms with Crippen LogP contribution in [-0.2, 0) is 14.8 Å².